The Morgan fingerprint density at radius 2 is 2.43 bits per heavy atom. The average molecular weight is 190 g/mol. The Morgan fingerprint density at radius 1 is 1.64 bits per heavy atom. The van der Waals surface area contributed by atoms with Crippen molar-refractivity contribution in [3.8, 4) is 12.3 Å². The van der Waals surface area contributed by atoms with Gasteiger partial charge in [-0.1, -0.05) is 0 Å². The van der Waals surface area contributed by atoms with E-state index in [1.807, 2.05) is 0 Å². The van der Waals surface area contributed by atoms with Crippen molar-refractivity contribution in [3.05, 3.63) is 24.0 Å². The first-order valence-electron chi connectivity index (χ1n) is 5.08. The highest BCUT2D eigenvalue weighted by molar-refractivity contribution is 5.07. The van der Waals surface area contributed by atoms with Gasteiger partial charge in [-0.05, 0) is 26.0 Å². The minimum absolute atomic E-state index is 0.389. The molecule has 76 valence electrons. The molecule has 1 unspecified atom stereocenters. The second-order valence-electron chi connectivity index (χ2n) is 3.48. The summed E-state index contributed by atoms with van der Waals surface area (Å²) in [4.78, 5) is 0. The van der Waals surface area contributed by atoms with Gasteiger partial charge >= 0.3 is 0 Å². The van der Waals surface area contributed by atoms with Gasteiger partial charge in [0.15, 0.2) is 0 Å². The quantitative estimate of drug-likeness (QED) is 0.703. The van der Waals surface area contributed by atoms with E-state index in [1.54, 1.807) is 0 Å². The molecule has 1 aromatic rings. The van der Waals surface area contributed by atoms with Crippen LogP contribution in [0.2, 0.25) is 0 Å². The molecule has 0 spiro atoms. The number of terminal acetylenes is 1. The highest BCUT2D eigenvalue weighted by Gasteiger charge is 2.01. The molecule has 2 nitrogen and oxygen atoms in total. The van der Waals surface area contributed by atoms with Gasteiger partial charge in [0.1, 0.15) is 0 Å². The molecule has 1 N–H and O–H groups in total. The summed E-state index contributed by atoms with van der Waals surface area (Å²) in [7, 11) is 0. The van der Waals surface area contributed by atoms with Crippen LogP contribution in [0.3, 0.4) is 0 Å². The van der Waals surface area contributed by atoms with Crippen molar-refractivity contribution in [3.63, 3.8) is 0 Å². The fourth-order valence-electron chi connectivity index (χ4n) is 1.45. The minimum Gasteiger partial charge on any atom is -0.351 e. The van der Waals surface area contributed by atoms with Crippen LogP contribution in [0.1, 0.15) is 26.0 Å². The predicted molar refractivity (Wildman–Crippen MR) is 59.9 cm³/mol. The second-order valence-corrected chi connectivity index (χ2v) is 3.48. The molecule has 1 atom stereocenters. The lowest BCUT2D eigenvalue weighted by Gasteiger charge is -2.12. The summed E-state index contributed by atoms with van der Waals surface area (Å²) in [6, 6.07) is 4.60. The number of hydrogen-bond donors (Lipinski definition) is 1. The van der Waals surface area contributed by atoms with Gasteiger partial charge in [0.25, 0.3) is 0 Å². The fraction of sp³-hybridized carbons (Fsp3) is 0.500. The van der Waals surface area contributed by atoms with Crippen molar-refractivity contribution in [1.82, 2.24) is 9.88 Å². The molecule has 1 aromatic heterocycles. The molecule has 0 aliphatic rings. The lowest BCUT2D eigenvalue weighted by Crippen LogP contribution is -2.25. The van der Waals surface area contributed by atoms with Gasteiger partial charge < -0.3 is 9.88 Å². The van der Waals surface area contributed by atoms with Crippen molar-refractivity contribution in [2.24, 2.45) is 0 Å². The van der Waals surface area contributed by atoms with Gasteiger partial charge in [-0.25, -0.2) is 0 Å². The van der Waals surface area contributed by atoms with Crippen LogP contribution in [-0.4, -0.2) is 10.6 Å². The smallest absolute Gasteiger partial charge is 0.0361 e. The zero-order chi connectivity index (χ0) is 10.4. The first-order chi connectivity index (χ1) is 6.77. The SMILES string of the molecule is C#CCC(C)NCc1cccn1CC. The van der Waals surface area contributed by atoms with Crippen LogP contribution < -0.4 is 5.32 Å². The van der Waals surface area contributed by atoms with Gasteiger partial charge in [-0.15, -0.1) is 12.3 Å². The van der Waals surface area contributed by atoms with Crippen LogP contribution in [0.15, 0.2) is 18.3 Å². The van der Waals surface area contributed by atoms with Crippen molar-refractivity contribution >= 4 is 0 Å². The van der Waals surface area contributed by atoms with Gasteiger partial charge in [0.05, 0.1) is 0 Å². The molecular weight excluding hydrogens is 172 g/mol. The number of hydrogen-bond acceptors (Lipinski definition) is 1. The molecule has 0 amide bonds. The maximum atomic E-state index is 5.24. The van der Waals surface area contributed by atoms with Crippen LogP contribution >= 0.6 is 0 Å². The summed E-state index contributed by atoms with van der Waals surface area (Å²) in [6.45, 7) is 6.17. The topological polar surface area (TPSA) is 17.0 Å². The monoisotopic (exact) mass is 190 g/mol. The molecule has 14 heavy (non-hydrogen) atoms. The standard InChI is InChI=1S/C12H18N2/c1-4-7-11(3)13-10-12-8-6-9-14(12)5-2/h1,6,8-9,11,13H,5,7,10H2,2-3H3. The fourth-order valence-corrected chi connectivity index (χ4v) is 1.45. The lowest BCUT2D eigenvalue weighted by molar-refractivity contribution is 0.538. The minimum atomic E-state index is 0.389. The Morgan fingerprint density at radius 3 is 3.07 bits per heavy atom. The van der Waals surface area contributed by atoms with Gasteiger partial charge in [0, 0.05) is 37.4 Å². The van der Waals surface area contributed by atoms with Crippen molar-refractivity contribution in [2.75, 3.05) is 0 Å². The van der Waals surface area contributed by atoms with E-state index in [0.29, 0.717) is 6.04 Å². The third-order valence-corrected chi connectivity index (χ3v) is 2.32. The maximum absolute atomic E-state index is 5.24. The van der Waals surface area contributed by atoms with E-state index in [4.69, 9.17) is 6.42 Å². The van der Waals surface area contributed by atoms with Gasteiger partial charge in [0.2, 0.25) is 0 Å². The van der Waals surface area contributed by atoms with E-state index in [9.17, 15) is 0 Å². The molecular formula is C12H18N2. The molecule has 2 heteroatoms. The van der Waals surface area contributed by atoms with E-state index < -0.39 is 0 Å². The summed E-state index contributed by atoms with van der Waals surface area (Å²) < 4.78 is 2.23. The van der Waals surface area contributed by atoms with Crippen LogP contribution in [0.4, 0.5) is 0 Å². The molecule has 0 aromatic carbocycles. The molecule has 0 aliphatic heterocycles. The Hall–Kier alpha value is -1.20. The van der Waals surface area contributed by atoms with Crippen LogP contribution in [0, 0.1) is 12.3 Å². The maximum Gasteiger partial charge on any atom is 0.0361 e. The summed E-state index contributed by atoms with van der Waals surface area (Å²) in [5.41, 5.74) is 1.32. The third-order valence-electron chi connectivity index (χ3n) is 2.32. The Kier molecular flexibility index (Phi) is 4.28. The van der Waals surface area contributed by atoms with Crippen molar-refractivity contribution < 1.29 is 0 Å². The van der Waals surface area contributed by atoms with E-state index in [-0.39, 0.29) is 0 Å². The zero-order valence-corrected chi connectivity index (χ0v) is 8.96. The first-order valence-corrected chi connectivity index (χ1v) is 5.08. The summed E-state index contributed by atoms with van der Waals surface area (Å²) in [5, 5.41) is 3.40. The van der Waals surface area contributed by atoms with Crippen LogP contribution in [0.25, 0.3) is 0 Å². The normalized spacial score (nSPS) is 12.4. The van der Waals surface area contributed by atoms with Gasteiger partial charge in [-0.3, -0.25) is 0 Å². The first kappa shape index (κ1) is 10.9. The number of aromatic nitrogens is 1. The van der Waals surface area contributed by atoms with E-state index in [2.05, 4.69) is 48.0 Å². The number of nitrogens with one attached hydrogen (secondary N) is 1. The number of aryl methyl sites for hydroxylation is 1. The van der Waals surface area contributed by atoms with E-state index in [1.165, 1.54) is 5.69 Å². The highest BCUT2D eigenvalue weighted by Crippen LogP contribution is 2.02. The molecule has 0 aliphatic carbocycles. The van der Waals surface area contributed by atoms with Crippen molar-refractivity contribution in [2.45, 2.75) is 39.4 Å². The van der Waals surface area contributed by atoms with Gasteiger partial charge in [-0.2, -0.15) is 0 Å². The molecule has 1 heterocycles. The zero-order valence-electron chi connectivity index (χ0n) is 8.96. The van der Waals surface area contributed by atoms with Crippen LogP contribution in [0.5, 0.6) is 0 Å². The van der Waals surface area contributed by atoms with Crippen LogP contribution in [-0.2, 0) is 13.1 Å². The Balaban J connectivity index is 2.42. The molecule has 0 radical (unpaired) electrons. The highest BCUT2D eigenvalue weighted by atomic mass is 15.0. The predicted octanol–water partition coefficient (Wildman–Crippen LogP) is 2.01. The number of nitrogens with zero attached hydrogens (tertiary/aromatic N) is 1. The Labute approximate surface area is 86.3 Å². The van der Waals surface area contributed by atoms with E-state index in [0.717, 1.165) is 19.5 Å². The van der Waals surface area contributed by atoms with Crippen molar-refractivity contribution in [1.29, 1.82) is 0 Å². The molecule has 1 rings (SSSR count). The Bertz CT molecular complexity index is 306. The third kappa shape index (κ3) is 2.93. The second kappa shape index (κ2) is 5.51. The molecule has 0 saturated carbocycles. The number of rotatable bonds is 5. The summed E-state index contributed by atoms with van der Waals surface area (Å²) in [5.74, 6) is 2.66. The molecule has 0 fully saturated rings. The molecule has 0 bridgehead atoms. The average Bonchev–Trinajstić information content (AvgIpc) is 2.62. The summed E-state index contributed by atoms with van der Waals surface area (Å²) >= 11 is 0. The molecule has 0 saturated heterocycles. The lowest BCUT2D eigenvalue weighted by atomic mass is 10.2. The summed E-state index contributed by atoms with van der Waals surface area (Å²) in [6.07, 6.45) is 8.12. The largest absolute Gasteiger partial charge is 0.351 e. The van der Waals surface area contributed by atoms with E-state index >= 15 is 0 Å².